The lowest BCUT2D eigenvalue weighted by Gasteiger charge is -2.36. The number of benzene rings is 2. The third kappa shape index (κ3) is 3.54. The first-order valence-electron chi connectivity index (χ1n) is 7.47. The van der Waals surface area contributed by atoms with Crippen LogP contribution in [-0.4, -0.2) is 37.0 Å². The summed E-state index contributed by atoms with van der Waals surface area (Å²) in [6.45, 7) is 3.01. The first-order chi connectivity index (χ1) is 11.2. The maximum Gasteiger partial charge on any atom is 0.253 e. The molecule has 0 N–H and O–H groups in total. The minimum atomic E-state index is 0.0805. The first kappa shape index (κ1) is 15.6. The monoisotopic (exact) mass is 369 g/mol. The maximum atomic E-state index is 12.5. The van der Waals surface area contributed by atoms with Gasteiger partial charge in [-0.15, -0.1) is 0 Å². The Morgan fingerprint density at radius 3 is 2.13 bits per heavy atom. The van der Waals surface area contributed by atoms with Crippen molar-refractivity contribution < 1.29 is 4.79 Å². The lowest BCUT2D eigenvalue weighted by Crippen LogP contribution is -2.48. The second-order valence-electron chi connectivity index (χ2n) is 5.44. The molecule has 3 rings (SSSR count). The fourth-order valence-electron chi connectivity index (χ4n) is 2.69. The van der Waals surface area contributed by atoms with E-state index in [-0.39, 0.29) is 5.91 Å². The molecular formula is C18H16BrN3O. The van der Waals surface area contributed by atoms with Crippen molar-refractivity contribution in [2.45, 2.75) is 0 Å². The van der Waals surface area contributed by atoms with Gasteiger partial charge >= 0.3 is 0 Å². The molecule has 2 aromatic carbocycles. The molecular weight excluding hydrogens is 354 g/mol. The van der Waals surface area contributed by atoms with E-state index in [2.05, 4.69) is 26.9 Å². The van der Waals surface area contributed by atoms with Crippen molar-refractivity contribution in [1.29, 1.82) is 5.26 Å². The number of nitriles is 1. The molecule has 0 radical (unpaired) electrons. The summed E-state index contributed by atoms with van der Waals surface area (Å²) in [6.07, 6.45) is 0. The predicted molar refractivity (Wildman–Crippen MR) is 93.4 cm³/mol. The Morgan fingerprint density at radius 1 is 0.957 bits per heavy atom. The number of anilines is 1. The van der Waals surface area contributed by atoms with Crippen LogP contribution in [0.4, 0.5) is 5.69 Å². The average Bonchev–Trinajstić information content (AvgIpc) is 2.62. The van der Waals surface area contributed by atoms with Crippen LogP contribution in [0.15, 0.2) is 53.0 Å². The van der Waals surface area contributed by atoms with Gasteiger partial charge in [0, 0.05) is 41.9 Å². The van der Waals surface area contributed by atoms with Crippen LogP contribution >= 0.6 is 15.9 Å². The van der Waals surface area contributed by atoms with Crippen LogP contribution in [0.5, 0.6) is 0 Å². The van der Waals surface area contributed by atoms with Crippen LogP contribution in [0, 0.1) is 11.3 Å². The number of halogens is 1. The van der Waals surface area contributed by atoms with Crippen LogP contribution in [0.25, 0.3) is 0 Å². The molecule has 1 heterocycles. The fraction of sp³-hybridized carbons (Fsp3) is 0.222. The highest BCUT2D eigenvalue weighted by atomic mass is 79.9. The number of hydrogen-bond acceptors (Lipinski definition) is 3. The van der Waals surface area contributed by atoms with Crippen molar-refractivity contribution in [3.8, 4) is 6.07 Å². The number of rotatable bonds is 2. The summed E-state index contributed by atoms with van der Waals surface area (Å²) < 4.78 is 0.972. The molecule has 1 aliphatic heterocycles. The summed E-state index contributed by atoms with van der Waals surface area (Å²) in [4.78, 5) is 16.6. The Labute approximate surface area is 144 Å². The normalized spacial score (nSPS) is 14.4. The zero-order chi connectivity index (χ0) is 16.2. The number of carbonyl (C=O) groups excluding carboxylic acids is 1. The van der Waals surface area contributed by atoms with Gasteiger partial charge in [0.15, 0.2) is 0 Å². The van der Waals surface area contributed by atoms with Crippen LogP contribution in [0.2, 0.25) is 0 Å². The van der Waals surface area contributed by atoms with Crippen molar-refractivity contribution in [2.24, 2.45) is 0 Å². The lowest BCUT2D eigenvalue weighted by atomic mass is 10.1. The molecule has 0 spiro atoms. The minimum Gasteiger partial charge on any atom is -0.368 e. The molecule has 0 aromatic heterocycles. The highest BCUT2D eigenvalue weighted by molar-refractivity contribution is 9.10. The Bertz CT molecular complexity index is 726. The number of carbonyl (C=O) groups is 1. The number of amides is 1. The summed E-state index contributed by atoms with van der Waals surface area (Å²) in [5.41, 5.74) is 2.48. The van der Waals surface area contributed by atoms with Gasteiger partial charge in [0.1, 0.15) is 0 Å². The standard InChI is InChI=1S/C18H16BrN3O/c19-16-5-3-15(4-6-16)18(23)22-11-9-21(10-12-22)17-7-1-14(13-20)2-8-17/h1-8H,9-12H2. The predicted octanol–water partition coefficient (Wildman–Crippen LogP) is 3.28. The molecule has 5 heteroatoms. The number of hydrogen-bond donors (Lipinski definition) is 0. The molecule has 0 unspecified atom stereocenters. The van der Waals surface area contributed by atoms with Crippen molar-refractivity contribution in [3.05, 3.63) is 64.1 Å². The first-order valence-corrected chi connectivity index (χ1v) is 8.26. The van der Waals surface area contributed by atoms with E-state index in [4.69, 9.17) is 5.26 Å². The van der Waals surface area contributed by atoms with E-state index in [1.54, 1.807) is 0 Å². The molecule has 23 heavy (non-hydrogen) atoms. The maximum absolute atomic E-state index is 12.5. The molecule has 1 fully saturated rings. The zero-order valence-corrected chi connectivity index (χ0v) is 14.2. The van der Waals surface area contributed by atoms with Crippen LogP contribution < -0.4 is 4.90 Å². The van der Waals surface area contributed by atoms with Gasteiger partial charge in [-0.3, -0.25) is 4.79 Å². The van der Waals surface area contributed by atoms with Gasteiger partial charge in [-0.1, -0.05) is 15.9 Å². The van der Waals surface area contributed by atoms with Gasteiger partial charge in [0.25, 0.3) is 5.91 Å². The molecule has 4 nitrogen and oxygen atoms in total. The van der Waals surface area contributed by atoms with Gasteiger partial charge in [-0.05, 0) is 48.5 Å². The second-order valence-corrected chi connectivity index (χ2v) is 6.36. The summed E-state index contributed by atoms with van der Waals surface area (Å²) in [6, 6.07) is 17.2. The van der Waals surface area contributed by atoms with Gasteiger partial charge in [-0.25, -0.2) is 0 Å². The summed E-state index contributed by atoms with van der Waals surface area (Å²) in [7, 11) is 0. The molecule has 1 aliphatic rings. The Hall–Kier alpha value is -2.32. The summed E-state index contributed by atoms with van der Waals surface area (Å²) in [5.74, 6) is 0.0805. The van der Waals surface area contributed by atoms with E-state index < -0.39 is 0 Å². The molecule has 0 atom stereocenters. The third-order valence-corrected chi connectivity index (χ3v) is 4.55. The molecule has 2 aromatic rings. The third-order valence-electron chi connectivity index (χ3n) is 4.02. The molecule has 1 amide bonds. The van der Waals surface area contributed by atoms with E-state index in [9.17, 15) is 4.79 Å². The van der Waals surface area contributed by atoms with Crippen LogP contribution in [0.1, 0.15) is 15.9 Å². The van der Waals surface area contributed by atoms with E-state index in [0.29, 0.717) is 18.7 Å². The molecule has 0 bridgehead atoms. The highest BCUT2D eigenvalue weighted by Gasteiger charge is 2.22. The van der Waals surface area contributed by atoms with E-state index >= 15 is 0 Å². The SMILES string of the molecule is N#Cc1ccc(N2CCN(C(=O)c3ccc(Br)cc3)CC2)cc1. The average molecular weight is 370 g/mol. The summed E-state index contributed by atoms with van der Waals surface area (Å²) in [5, 5.41) is 8.85. The van der Waals surface area contributed by atoms with Crippen LogP contribution in [-0.2, 0) is 0 Å². The highest BCUT2D eigenvalue weighted by Crippen LogP contribution is 2.18. The Morgan fingerprint density at radius 2 is 1.57 bits per heavy atom. The van der Waals surface area contributed by atoms with Crippen molar-refractivity contribution in [3.63, 3.8) is 0 Å². The number of nitrogens with zero attached hydrogens (tertiary/aromatic N) is 3. The second kappa shape index (κ2) is 6.84. The minimum absolute atomic E-state index is 0.0805. The topological polar surface area (TPSA) is 47.3 Å². The molecule has 1 saturated heterocycles. The molecule has 0 saturated carbocycles. The molecule has 116 valence electrons. The Balaban J connectivity index is 1.62. The smallest absolute Gasteiger partial charge is 0.253 e. The largest absolute Gasteiger partial charge is 0.368 e. The molecule has 0 aliphatic carbocycles. The lowest BCUT2D eigenvalue weighted by molar-refractivity contribution is 0.0747. The van der Waals surface area contributed by atoms with Gasteiger partial charge in [0.05, 0.1) is 11.6 Å². The van der Waals surface area contributed by atoms with E-state index in [0.717, 1.165) is 28.8 Å². The summed E-state index contributed by atoms with van der Waals surface area (Å²) >= 11 is 3.38. The number of piperazine rings is 1. The van der Waals surface area contributed by atoms with Gasteiger partial charge < -0.3 is 9.80 Å². The Kier molecular flexibility index (Phi) is 4.63. The zero-order valence-electron chi connectivity index (χ0n) is 12.6. The van der Waals surface area contributed by atoms with Gasteiger partial charge in [0.2, 0.25) is 0 Å². The van der Waals surface area contributed by atoms with Gasteiger partial charge in [-0.2, -0.15) is 5.26 Å². The quantitative estimate of drug-likeness (QED) is 0.815. The van der Waals surface area contributed by atoms with Crippen molar-refractivity contribution in [1.82, 2.24) is 4.90 Å². The van der Waals surface area contributed by atoms with E-state index in [1.807, 2.05) is 53.4 Å². The van der Waals surface area contributed by atoms with Crippen LogP contribution in [0.3, 0.4) is 0 Å². The van der Waals surface area contributed by atoms with E-state index in [1.165, 1.54) is 0 Å². The van der Waals surface area contributed by atoms with Crippen molar-refractivity contribution >= 4 is 27.5 Å². The fourth-order valence-corrected chi connectivity index (χ4v) is 2.95. The van der Waals surface area contributed by atoms with Crippen molar-refractivity contribution in [2.75, 3.05) is 31.1 Å².